The van der Waals surface area contributed by atoms with Crippen LogP contribution >= 0.6 is 0 Å². The highest BCUT2D eigenvalue weighted by Crippen LogP contribution is 2.32. The van der Waals surface area contributed by atoms with Crippen LogP contribution in [0.2, 0.25) is 0 Å². The maximum Gasteiger partial charge on any atom is 0.224 e. The van der Waals surface area contributed by atoms with E-state index in [1.54, 1.807) is 6.07 Å². The van der Waals surface area contributed by atoms with Gasteiger partial charge < -0.3 is 10.5 Å². The molecule has 0 radical (unpaired) electrons. The van der Waals surface area contributed by atoms with Gasteiger partial charge in [-0.25, -0.2) is 4.98 Å². The van der Waals surface area contributed by atoms with E-state index in [4.69, 9.17) is 15.9 Å². The summed E-state index contributed by atoms with van der Waals surface area (Å²) in [6.45, 7) is 2.57. The number of pyridine rings is 1. The predicted molar refractivity (Wildman–Crippen MR) is 62.8 cm³/mol. The molecule has 1 aliphatic carbocycles. The van der Waals surface area contributed by atoms with Gasteiger partial charge in [-0.3, -0.25) is 5.41 Å². The molecule has 0 amide bonds. The third-order valence-corrected chi connectivity index (χ3v) is 2.75. The van der Waals surface area contributed by atoms with E-state index in [0.29, 0.717) is 18.1 Å². The summed E-state index contributed by atoms with van der Waals surface area (Å²) in [5.74, 6) is 1.34. The van der Waals surface area contributed by atoms with Gasteiger partial charge in [0.15, 0.2) is 0 Å². The lowest BCUT2D eigenvalue weighted by molar-refractivity contribution is 0.290. The highest BCUT2D eigenvalue weighted by atomic mass is 16.5. The van der Waals surface area contributed by atoms with Gasteiger partial charge >= 0.3 is 0 Å². The van der Waals surface area contributed by atoms with Crippen molar-refractivity contribution in [2.75, 3.05) is 6.61 Å². The fraction of sp³-hybridized carbons (Fsp3) is 0.500. The van der Waals surface area contributed by atoms with Crippen LogP contribution in [0.1, 0.15) is 30.5 Å². The first kappa shape index (κ1) is 10.9. The molecule has 16 heavy (non-hydrogen) atoms. The zero-order valence-corrected chi connectivity index (χ0v) is 9.49. The van der Waals surface area contributed by atoms with Crippen LogP contribution in [0, 0.1) is 18.3 Å². The van der Waals surface area contributed by atoms with Crippen LogP contribution < -0.4 is 10.5 Å². The number of hydrogen-bond donors (Lipinski definition) is 2. The summed E-state index contributed by atoms with van der Waals surface area (Å²) in [6, 6.07) is 3.63. The fourth-order valence-electron chi connectivity index (χ4n) is 1.58. The molecule has 1 heterocycles. The molecule has 1 fully saturated rings. The van der Waals surface area contributed by atoms with Gasteiger partial charge in [-0.2, -0.15) is 0 Å². The molecule has 1 aromatic heterocycles. The lowest BCUT2D eigenvalue weighted by Gasteiger charge is -2.09. The van der Waals surface area contributed by atoms with Gasteiger partial charge in [-0.15, -0.1) is 0 Å². The average molecular weight is 219 g/mol. The number of aromatic nitrogens is 1. The van der Waals surface area contributed by atoms with Gasteiger partial charge in [0.2, 0.25) is 5.88 Å². The van der Waals surface area contributed by atoms with Crippen LogP contribution in [0.3, 0.4) is 0 Å². The van der Waals surface area contributed by atoms with Gasteiger partial charge in [0.1, 0.15) is 5.84 Å². The van der Waals surface area contributed by atoms with Crippen molar-refractivity contribution in [1.29, 1.82) is 5.41 Å². The Bertz CT molecular complexity index is 399. The predicted octanol–water partition coefficient (Wildman–Crippen LogP) is 1.85. The smallest absolute Gasteiger partial charge is 0.224 e. The Morgan fingerprint density at radius 3 is 2.94 bits per heavy atom. The topological polar surface area (TPSA) is 72.0 Å². The molecule has 0 spiro atoms. The number of nitrogens with one attached hydrogen (secondary N) is 1. The molecule has 86 valence electrons. The van der Waals surface area contributed by atoms with Gasteiger partial charge in [-0.05, 0) is 31.4 Å². The van der Waals surface area contributed by atoms with Crippen LogP contribution in [0.25, 0.3) is 0 Å². The van der Waals surface area contributed by atoms with E-state index in [1.807, 2.05) is 13.0 Å². The van der Waals surface area contributed by atoms with Crippen LogP contribution in [0.5, 0.6) is 5.88 Å². The van der Waals surface area contributed by atoms with Gasteiger partial charge in [0.25, 0.3) is 0 Å². The molecule has 0 atom stereocenters. The second-order valence-electron chi connectivity index (χ2n) is 4.30. The van der Waals surface area contributed by atoms with E-state index in [0.717, 1.165) is 18.0 Å². The number of hydrogen-bond acceptors (Lipinski definition) is 3. The van der Waals surface area contributed by atoms with Crippen molar-refractivity contribution >= 4 is 5.84 Å². The van der Waals surface area contributed by atoms with Crippen molar-refractivity contribution < 1.29 is 4.74 Å². The summed E-state index contributed by atoms with van der Waals surface area (Å²) in [6.07, 6.45) is 3.72. The third-order valence-electron chi connectivity index (χ3n) is 2.75. The maximum atomic E-state index is 7.44. The molecule has 2 rings (SSSR count). The highest BCUT2D eigenvalue weighted by molar-refractivity contribution is 5.97. The number of nitrogen functional groups attached to an aromatic ring is 1. The molecule has 3 N–H and O–H groups in total. The van der Waals surface area contributed by atoms with E-state index < -0.39 is 0 Å². The zero-order chi connectivity index (χ0) is 11.5. The minimum absolute atomic E-state index is 0.00826. The van der Waals surface area contributed by atoms with Crippen LogP contribution in [-0.2, 0) is 0 Å². The van der Waals surface area contributed by atoms with E-state index in [-0.39, 0.29) is 5.84 Å². The molecular formula is C12H17N3O. The molecule has 1 aliphatic rings. The Morgan fingerprint density at radius 2 is 2.31 bits per heavy atom. The van der Waals surface area contributed by atoms with Crippen LogP contribution in [-0.4, -0.2) is 17.4 Å². The monoisotopic (exact) mass is 219 g/mol. The summed E-state index contributed by atoms with van der Waals surface area (Å²) in [5, 5.41) is 7.44. The lowest BCUT2D eigenvalue weighted by Crippen LogP contribution is -2.14. The van der Waals surface area contributed by atoms with Crippen molar-refractivity contribution in [1.82, 2.24) is 4.98 Å². The molecule has 1 aromatic rings. The van der Waals surface area contributed by atoms with Gasteiger partial charge in [0, 0.05) is 5.69 Å². The Morgan fingerprint density at radius 1 is 1.56 bits per heavy atom. The molecular weight excluding hydrogens is 202 g/mol. The Kier molecular flexibility index (Phi) is 3.08. The van der Waals surface area contributed by atoms with E-state index in [1.165, 1.54) is 12.8 Å². The summed E-state index contributed by atoms with van der Waals surface area (Å²) < 4.78 is 5.60. The Hall–Kier alpha value is -1.58. The zero-order valence-electron chi connectivity index (χ0n) is 9.49. The van der Waals surface area contributed by atoms with Crippen molar-refractivity contribution in [3.63, 3.8) is 0 Å². The lowest BCUT2D eigenvalue weighted by atomic mass is 10.2. The molecule has 0 bridgehead atoms. The second kappa shape index (κ2) is 4.51. The molecule has 0 aliphatic heterocycles. The summed E-state index contributed by atoms with van der Waals surface area (Å²) >= 11 is 0. The molecule has 1 saturated carbocycles. The number of aryl methyl sites for hydroxylation is 1. The summed E-state index contributed by atoms with van der Waals surface area (Å²) in [5.41, 5.74) is 6.94. The van der Waals surface area contributed by atoms with Crippen molar-refractivity contribution in [3.8, 4) is 5.88 Å². The van der Waals surface area contributed by atoms with Gasteiger partial charge in [-0.1, -0.05) is 12.8 Å². The number of rotatable bonds is 5. The first-order valence-corrected chi connectivity index (χ1v) is 5.61. The first-order valence-electron chi connectivity index (χ1n) is 5.61. The first-order chi connectivity index (χ1) is 7.66. The summed E-state index contributed by atoms with van der Waals surface area (Å²) in [7, 11) is 0. The molecule has 4 nitrogen and oxygen atoms in total. The molecule has 4 heteroatoms. The fourth-order valence-corrected chi connectivity index (χ4v) is 1.58. The standard InChI is InChI=1S/C12H17N3O/c1-8-2-5-10(11(13)14)12(15-8)16-7-6-9-3-4-9/h2,5,9H,3-4,6-7H2,1H3,(H3,13,14). The average Bonchev–Trinajstić information content (AvgIpc) is 3.01. The van der Waals surface area contributed by atoms with Crippen molar-refractivity contribution in [2.24, 2.45) is 11.7 Å². The third kappa shape index (κ3) is 2.72. The molecule has 0 unspecified atom stereocenters. The normalized spacial score (nSPS) is 14.8. The number of nitrogens with two attached hydrogens (primary N) is 1. The maximum absolute atomic E-state index is 7.44. The molecule has 0 saturated heterocycles. The van der Waals surface area contributed by atoms with E-state index >= 15 is 0 Å². The van der Waals surface area contributed by atoms with Crippen LogP contribution in [0.4, 0.5) is 0 Å². The minimum Gasteiger partial charge on any atom is -0.477 e. The quantitative estimate of drug-likeness (QED) is 0.586. The number of ether oxygens (including phenoxy) is 1. The molecule has 0 aromatic carbocycles. The van der Waals surface area contributed by atoms with Crippen molar-refractivity contribution in [2.45, 2.75) is 26.2 Å². The number of amidine groups is 1. The SMILES string of the molecule is Cc1ccc(C(=N)N)c(OCCC2CC2)n1. The minimum atomic E-state index is 0.00826. The summed E-state index contributed by atoms with van der Waals surface area (Å²) in [4.78, 5) is 4.27. The van der Waals surface area contributed by atoms with Crippen LogP contribution in [0.15, 0.2) is 12.1 Å². The van der Waals surface area contributed by atoms with Gasteiger partial charge in [0.05, 0.1) is 12.2 Å². The van der Waals surface area contributed by atoms with Crippen molar-refractivity contribution in [3.05, 3.63) is 23.4 Å². The second-order valence-corrected chi connectivity index (χ2v) is 4.30. The van der Waals surface area contributed by atoms with E-state index in [9.17, 15) is 0 Å². The Balaban J connectivity index is 2.03. The largest absolute Gasteiger partial charge is 0.477 e. The number of nitrogens with zero attached hydrogens (tertiary/aromatic N) is 1. The Labute approximate surface area is 95.3 Å². The van der Waals surface area contributed by atoms with E-state index in [2.05, 4.69) is 4.98 Å². The highest BCUT2D eigenvalue weighted by Gasteiger charge is 2.21.